The van der Waals surface area contributed by atoms with Crippen LogP contribution in [0.25, 0.3) is 5.53 Å². The molecule has 19 heavy (non-hydrogen) atoms. The molecule has 0 aliphatic heterocycles. The first-order valence-electron chi connectivity index (χ1n) is 5.64. The number of rotatable bonds is 7. The van der Waals surface area contributed by atoms with Gasteiger partial charge in [-0.1, -0.05) is 30.3 Å². The first kappa shape index (κ1) is 14.8. The highest BCUT2D eigenvalue weighted by molar-refractivity contribution is 6.62. The van der Waals surface area contributed by atoms with Crippen LogP contribution in [-0.2, 0) is 25.7 Å². The van der Waals surface area contributed by atoms with Crippen molar-refractivity contribution in [2.75, 3.05) is 13.7 Å². The van der Waals surface area contributed by atoms with Crippen LogP contribution in [0.4, 0.5) is 0 Å². The molecule has 0 amide bonds. The first-order valence-corrected chi connectivity index (χ1v) is 5.64. The maximum absolute atomic E-state index is 11.5. The number of benzene rings is 1. The van der Waals surface area contributed by atoms with Crippen LogP contribution in [0.5, 0.6) is 0 Å². The summed E-state index contributed by atoms with van der Waals surface area (Å²) in [5, 5.41) is 0. The lowest BCUT2D eigenvalue weighted by Gasteiger charge is -2.02. The number of ether oxygens (including phenoxy) is 2. The minimum absolute atomic E-state index is 0.0542. The van der Waals surface area contributed by atoms with E-state index in [2.05, 4.69) is 9.53 Å². The highest BCUT2D eigenvalue weighted by Crippen LogP contribution is 2.01. The van der Waals surface area contributed by atoms with Crippen LogP contribution < -0.4 is 0 Å². The molecule has 1 aromatic rings. The molecule has 1 aromatic carbocycles. The van der Waals surface area contributed by atoms with Crippen LogP contribution in [0, 0.1) is 0 Å². The average molecular weight is 262 g/mol. The Kier molecular flexibility index (Phi) is 6.15. The van der Waals surface area contributed by atoms with Gasteiger partial charge in [0.2, 0.25) is 0 Å². The number of carbonyl (C=O) groups is 2. The fraction of sp³-hybridized carbons (Fsp3) is 0.308. The standard InChI is InChI=1S/C13H14N2O4/c1-18-13(17)12(15-14)11(16)7-8-19-9-10-5-3-2-4-6-10/h2-6H,7-9H2,1H3. The predicted octanol–water partition coefficient (Wildman–Crippen LogP) is 1.01. The van der Waals surface area contributed by atoms with Crippen molar-refractivity contribution >= 4 is 17.5 Å². The summed E-state index contributed by atoms with van der Waals surface area (Å²) in [4.78, 5) is 25.2. The summed E-state index contributed by atoms with van der Waals surface area (Å²) in [6.07, 6.45) is -0.0542. The normalized spacial score (nSPS) is 9.53. The van der Waals surface area contributed by atoms with Crippen LogP contribution in [-0.4, -0.2) is 36.0 Å². The lowest BCUT2D eigenvalue weighted by atomic mass is 10.2. The predicted molar refractivity (Wildman–Crippen MR) is 66.4 cm³/mol. The molecule has 6 heteroatoms. The van der Waals surface area contributed by atoms with Crippen LogP contribution >= 0.6 is 0 Å². The van der Waals surface area contributed by atoms with E-state index in [0.29, 0.717) is 6.61 Å². The van der Waals surface area contributed by atoms with Gasteiger partial charge in [0.15, 0.2) is 0 Å². The van der Waals surface area contributed by atoms with Gasteiger partial charge in [0.25, 0.3) is 5.78 Å². The van der Waals surface area contributed by atoms with Gasteiger partial charge >= 0.3 is 11.7 Å². The van der Waals surface area contributed by atoms with Gasteiger partial charge in [0, 0.05) is 6.42 Å². The summed E-state index contributed by atoms with van der Waals surface area (Å²) in [5.74, 6) is -1.59. The molecule has 0 aliphatic rings. The third kappa shape index (κ3) is 4.83. The Morgan fingerprint density at radius 1 is 1.26 bits per heavy atom. The molecule has 0 radical (unpaired) electrons. The number of esters is 1. The third-order valence-corrected chi connectivity index (χ3v) is 2.33. The van der Waals surface area contributed by atoms with E-state index in [1.807, 2.05) is 30.3 Å². The first-order chi connectivity index (χ1) is 9.19. The third-order valence-electron chi connectivity index (χ3n) is 2.33. The summed E-state index contributed by atoms with van der Waals surface area (Å²) in [5.41, 5.74) is 8.92. The topological polar surface area (TPSA) is 89.0 Å². The molecule has 0 saturated heterocycles. The monoisotopic (exact) mass is 262 g/mol. The molecule has 0 aromatic heterocycles. The number of hydrogen-bond acceptors (Lipinski definition) is 4. The summed E-state index contributed by atoms with van der Waals surface area (Å²) in [6.45, 7) is 0.502. The highest BCUT2D eigenvalue weighted by Gasteiger charge is 2.29. The quantitative estimate of drug-likeness (QED) is 0.183. The zero-order valence-corrected chi connectivity index (χ0v) is 10.5. The number of Topliss-reactive ketones (excluding diaryl/α,β-unsaturated/α-hetero) is 1. The maximum atomic E-state index is 11.5. The lowest BCUT2D eigenvalue weighted by Crippen LogP contribution is -2.27. The van der Waals surface area contributed by atoms with Gasteiger partial charge in [0.1, 0.15) is 0 Å². The van der Waals surface area contributed by atoms with Gasteiger partial charge in [-0.3, -0.25) is 4.79 Å². The number of hydrogen-bond donors (Lipinski definition) is 0. The van der Waals surface area contributed by atoms with Crippen LogP contribution in [0.3, 0.4) is 0 Å². The Balaban J connectivity index is 2.35. The van der Waals surface area contributed by atoms with E-state index in [4.69, 9.17) is 10.3 Å². The molecule has 0 fully saturated rings. The minimum Gasteiger partial charge on any atom is -0.460 e. The number of ketones is 1. The van der Waals surface area contributed by atoms with E-state index in [0.717, 1.165) is 12.7 Å². The second-order valence-electron chi connectivity index (χ2n) is 3.65. The van der Waals surface area contributed by atoms with E-state index in [1.54, 1.807) is 0 Å². The van der Waals surface area contributed by atoms with Crippen LogP contribution in [0.2, 0.25) is 0 Å². The molecule has 0 spiro atoms. The molecular formula is C13H14N2O4. The number of nitrogens with zero attached hydrogens (tertiary/aromatic N) is 2. The Morgan fingerprint density at radius 3 is 2.53 bits per heavy atom. The molecule has 100 valence electrons. The van der Waals surface area contributed by atoms with E-state index >= 15 is 0 Å². The largest absolute Gasteiger partial charge is 0.460 e. The molecular weight excluding hydrogens is 248 g/mol. The molecule has 6 nitrogen and oxygen atoms in total. The van der Waals surface area contributed by atoms with Crippen LogP contribution in [0.15, 0.2) is 30.3 Å². The molecule has 0 aliphatic carbocycles. The van der Waals surface area contributed by atoms with Gasteiger partial charge in [-0.15, -0.1) is 0 Å². The van der Waals surface area contributed by atoms with Crippen molar-refractivity contribution in [3.05, 3.63) is 41.4 Å². The van der Waals surface area contributed by atoms with Crippen molar-refractivity contribution in [3.8, 4) is 0 Å². The van der Waals surface area contributed by atoms with Crippen molar-refractivity contribution in [1.82, 2.24) is 0 Å². The molecule has 0 bridgehead atoms. The van der Waals surface area contributed by atoms with Crippen molar-refractivity contribution in [2.45, 2.75) is 13.0 Å². The molecule has 0 saturated carbocycles. The Labute approximate surface area is 110 Å². The molecule has 0 heterocycles. The van der Waals surface area contributed by atoms with Crippen molar-refractivity contribution < 1.29 is 23.9 Å². The van der Waals surface area contributed by atoms with E-state index < -0.39 is 17.5 Å². The average Bonchev–Trinajstić information content (AvgIpc) is 2.45. The van der Waals surface area contributed by atoms with Gasteiger partial charge in [0.05, 0.1) is 20.3 Å². The minimum atomic E-state index is -0.962. The van der Waals surface area contributed by atoms with Crippen molar-refractivity contribution in [3.63, 3.8) is 0 Å². The van der Waals surface area contributed by atoms with Crippen molar-refractivity contribution in [1.29, 1.82) is 0 Å². The van der Waals surface area contributed by atoms with Gasteiger partial charge < -0.3 is 15.0 Å². The summed E-state index contributed by atoms with van der Waals surface area (Å²) in [7, 11) is 1.10. The lowest BCUT2D eigenvalue weighted by molar-refractivity contribution is -0.139. The SMILES string of the molecule is COC(=O)C(=[N+]=[N-])C(=O)CCOCc1ccccc1. The van der Waals surface area contributed by atoms with Crippen molar-refractivity contribution in [2.24, 2.45) is 0 Å². The van der Waals surface area contributed by atoms with Crippen LogP contribution in [0.1, 0.15) is 12.0 Å². The summed E-state index contributed by atoms with van der Waals surface area (Å²) in [6, 6.07) is 9.47. The molecule has 1 rings (SSSR count). The van der Waals surface area contributed by atoms with Gasteiger partial charge in [-0.2, -0.15) is 4.79 Å². The maximum Gasteiger partial charge on any atom is 0.441 e. The summed E-state index contributed by atoms with van der Waals surface area (Å²) < 4.78 is 9.60. The summed E-state index contributed by atoms with van der Waals surface area (Å²) >= 11 is 0. The van der Waals surface area contributed by atoms with E-state index in [9.17, 15) is 9.59 Å². The fourth-order valence-electron chi connectivity index (χ4n) is 1.35. The highest BCUT2D eigenvalue weighted by atomic mass is 16.5. The number of methoxy groups -OCH3 is 1. The second kappa shape index (κ2) is 7.92. The Hall–Kier alpha value is -2.30. The number of carbonyl (C=O) groups excluding carboxylic acids is 2. The molecule has 0 N–H and O–H groups in total. The zero-order chi connectivity index (χ0) is 14.1. The van der Waals surface area contributed by atoms with E-state index in [1.165, 1.54) is 0 Å². The van der Waals surface area contributed by atoms with Gasteiger partial charge in [-0.25, -0.2) is 4.79 Å². The Morgan fingerprint density at radius 2 is 1.95 bits per heavy atom. The molecule has 0 atom stereocenters. The van der Waals surface area contributed by atoms with E-state index in [-0.39, 0.29) is 13.0 Å². The van der Waals surface area contributed by atoms with Gasteiger partial charge in [-0.05, 0) is 5.56 Å². The zero-order valence-electron chi connectivity index (χ0n) is 10.5. The Bertz CT molecular complexity index is 493. The smallest absolute Gasteiger partial charge is 0.441 e. The fourth-order valence-corrected chi connectivity index (χ4v) is 1.35. The second-order valence-corrected chi connectivity index (χ2v) is 3.65. The molecule has 0 unspecified atom stereocenters.